The fourth-order valence-corrected chi connectivity index (χ4v) is 9.47. The van der Waals surface area contributed by atoms with Gasteiger partial charge in [-0.05, 0) is 162 Å². The molecule has 54 heteroatoms. The van der Waals surface area contributed by atoms with Crippen molar-refractivity contribution < 1.29 is 39.8 Å². The minimum Gasteiger partial charge on any atom is -0.472 e. The zero-order chi connectivity index (χ0) is 103. The van der Waals surface area contributed by atoms with Gasteiger partial charge in [-0.15, -0.1) is 0 Å². The van der Waals surface area contributed by atoms with Gasteiger partial charge in [-0.1, -0.05) is 0 Å². The molecule has 0 bridgehead atoms. The van der Waals surface area contributed by atoms with E-state index in [4.69, 9.17) is 165 Å². The van der Waals surface area contributed by atoms with Crippen molar-refractivity contribution in [2.24, 2.45) is 173 Å². The maximum absolute atomic E-state index is 7.77. The number of rotatable bonds is 27. The highest BCUT2D eigenvalue weighted by Crippen LogP contribution is 2.09. The lowest BCUT2D eigenvalue weighted by Crippen LogP contribution is -2.46. The Morgan fingerprint density at radius 1 is 0.297 bits per heavy atom. The summed E-state index contributed by atoms with van der Waals surface area (Å²) < 4.78 is 44.4. The molecule has 0 atom stereocenters. The Hall–Kier alpha value is -17.8. The molecule has 0 saturated carbocycles. The number of likely N-dealkylation sites (N-methyl/N-ethyl adjacent to an activating group) is 4. The quantitative estimate of drug-likeness (QED) is 0.0222. The number of hydrogen-bond donors (Lipinski definition) is 24. The number of nitrogens with zero attached hydrogens (tertiary/aromatic N) is 21. The Balaban J connectivity index is 0.000000776. The van der Waals surface area contributed by atoms with Crippen molar-refractivity contribution in [2.45, 2.75) is 57.8 Å². The predicted octanol–water partition coefficient (Wildman–Crippen LogP) is -0.771. The molecule has 9 heterocycles. The molecule has 138 heavy (non-hydrogen) atoms. The Morgan fingerprint density at radius 2 is 0.623 bits per heavy atom. The number of aliphatic imine (C=N–C) groups is 14. The van der Waals surface area contributed by atoms with E-state index in [2.05, 4.69) is 80.5 Å². The summed E-state index contributed by atoms with van der Waals surface area (Å²) in [5.41, 5.74) is 106. The Labute approximate surface area is 801 Å². The van der Waals surface area contributed by atoms with E-state index in [0.29, 0.717) is 69.7 Å². The summed E-state index contributed by atoms with van der Waals surface area (Å²) in [5, 5.41) is 35.3. The van der Waals surface area contributed by atoms with Gasteiger partial charge in [0.1, 0.15) is 0 Å². The molecule has 0 aliphatic heterocycles. The van der Waals surface area contributed by atoms with E-state index < -0.39 is 0 Å². The van der Waals surface area contributed by atoms with E-state index in [1.165, 1.54) is 9.80 Å². The van der Waals surface area contributed by atoms with Gasteiger partial charge in [0.2, 0.25) is 35.8 Å². The number of hydrogen-bond acceptors (Lipinski definition) is 21. The van der Waals surface area contributed by atoms with Crippen LogP contribution in [0.1, 0.15) is 50.1 Å². The maximum atomic E-state index is 7.77. The van der Waals surface area contributed by atoms with E-state index in [1.54, 1.807) is 198 Å². The zero-order valence-corrected chi connectivity index (χ0v) is 80.3. The standard InChI is InChI=1S/4C10H17N5O.4C9H15N5O.C8H13N5O/c1-15(2)10(12)14-9(11)13-5-3-8-4-6-16-7-8;1-13-9(11)14-10(12)15(2)5-3-8-4-6-16-7-8;1-14(10(13)15(2)9(11)12)5-3-8-4-6-16-7-8;1-13-10(14-9(11)12)15(2)5-3-8-4-6-16-7-8;1-12-8(10)14-9(11)13-4-2-7-3-5-15-6-7;1-14(9(12)13-8(10)11)4-2-7-3-5-15-6-7;1-14(8(10)11)9(12)13-4-2-7-3-5-15-6-7;1-12-9(14-8(10)11)13-4-2-7-3-5-15-6-7;9-7(10)13-8(11)12-3-1-6-2-4-14-5-6/h2*4,6-7H,3,5H2,1-2H3,(H4,11,12,13,14);4,6-7,13H,3,5H2,1-2H3,(H3,11,12);4,6-7H,3,5H2,1-2H3,(H4,11,12,13,14);3,5-6H,2,4H2,1H3,(H5,10,11,12,13,14);3,5-6H,2,4H2,1H3,(H5,10,11,12,13);3,5-6H,2,4H2,1H3,(H3,10,11)(H2,12,13);3,5-6H,2,4H2,1H3,(H5,10,11,12,13,14);2,4-5H,1,3H2,(H6,9,10,11,12,13). The van der Waals surface area contributed by atoms with E-state index in [1.807, 2.05) is 78.5 Å². The van der Waals surface area contributed by atoms with Gasteiger partial charge >= 0.3 is 0 Å². The highest BCUT2D eigenvalue weighted by molar-refractivity contribution is 5.99. The SMILES string of the molecule is CN(C(=N)N)C(N)=NCCc1ccoc1.CN(C)C(N)=NC(N)=NCCc1ccoc1.CN(CCc1ccoc1)C(=N)N(C)C(=N)N.CN(CCc1ccoc1)C(=N)N=C(N)N.CN=C(N)N=C(N)N(C)CCc1ccoc1.CN=C(N)NC(N)=NCCc1ccoc1.CN=C(N=C(N)N)N(C)CCc1ccoc1.CN=C(N=C(N)N)NCCc1ccoc1.NC(N)=NC(N)=NCCc1ccoc1. The summed E-state index contributed by atoms with van der Waals surface area (Å²) in [5.74, 6) is 2.65. The first-order valence-electron chi connectivity index (χ1n) is 41.8. The van der Waals surface area contributed by atoms with Crippen LogP contribution in [-0.2, 0) is 57.8 Å². The van der Waals surface area contributed by atoms with Crippen LogP contribution in [0.4, 0.5) is 0 Å². The lowest BCUT2D eigenvalue weighted by molar-refractivity contribution is 0.447. The average molecular weight is 1930 g/mol. The second kappa shape index (κ2) is 70.0. The minimum atomic E-state index is -0.139. The minimum absolute atomic E-state index is 0.00795. The van der Waals surface area contributed by atoms with Crippen LogP contribution >= 0.6 is 0 Å². The monoisotopic (exact) mass is 1920 g/mol. The summed E-state index contributed by atoms with van der Waals surface area (Å²) in [4.78, 5) is 65.6. The summed E-state index contributed by atoms with van der Waals surface area (Å²) in [6.45, 7) is 5.76. The van der Waals surface area contributed by atoms with Gasteiger partial charge < -0.3 is 173 Å². The van der Waals surface area contributed by atoms with Crippen LogP contribution in [-0.4, -0.2) is 285 Å². The first-order valence-corrected chi connectivity index (χ1v) is 41.8. The molecule has 0 aromatic carbocycles. The molecule has 756 valence electrons. The van der Waals surface area contributed by atoms with Crippen molar-refractivity contribution in [3.05, 3.63) is 217 Å². The van der Waals surface area contributed by atoms with Crippen LogP contribution in [0.2, 0.25) is 0 Å². The van der Waals surface area contributed by atoms with Crippen LogP contribution in [0.25, 0.3) is 0 Å². The van der Waals surface area contributed by atoms with Gasteiger partial charge in [0.25, 0.3) is 0 Å². The molecule has 0 unspecified atom stereocenters. The number of guanidine groups is 18. The van der Waals surface area contributed by atoms with Gasteiger partial charge in [-0.2, -0.15) is 30.0 Å². The molecule has 0 radical (unpaired) electrons. The van der Waals surface area contributed by atoms with Crippen molar-refractivity contribution in [1.82, 2.24) is 44.9 Å². The molecular formula is C84H141N45O9. The molecule has 54 nitrogen and oxygen atoms in total. The number of nitrogens with one attached hydrogen (secondary N) is 6. The lowest BCUT2D eigenvalue weighted by Gasteiger charge is -2.26. The summed E-state index contributed by atoms with van der Waals surface area (Å²) in [6, 6.07) is 17.1. The molecular weight excluding hydrogens is 1780 g/mol. The lowest BCUT2D eigenvalue weighted by atomic mass is 10.2. The first-order chi connectivity index (χ1) is 65.7. The second-order valence-corrected chi connectivity index (χ2v) is 28.4. The second-order valence-electron chi connectivity index (χ2n) is 28.4. The fourth-order valence-electron chi connectivity index (χ4n) is 9.47. The van der Waals surface area contributed by atoms with E-state index in [-0.39, 0.29) is 83.4 Å². The highest BCUT2D eigenvalue weighted by Gasteiger charge is 2.14. The van der Waals surface area contributed by atoms with Crippen LogP contribution in [0.3, 0.4) is 0 Å². The average Bonchev–Trinajstić information content (AvgIpc) is 0.917. The van der Waals surface area contributed by atoms with Crippen LogP contribution in [0.5, 0.6) is 0 Å². The molecule has 0 aliphatic rings. The first kappa shape index (κ1) is 118. The van der Waals surface area contributed by atoms with Crippen LogP contribution in [0, 0.1) is 21.6 Å². The summed E-state index contributed by atoms with van der Waals surface area (Å²) >= 11 is 0. The molecule has 0 saturated heterocycles. The van der Waals surface area contributed by atoms with Gasteiger partial charge in [0.05, 0.1) is 113 Å². The third-order valence-electron chi connectivity index (χ3n) is 17.4. The third kappa shape index (κ3) is 58.1. The van der Waals surface area contributed by atoms with E-state index >= 15 is 0 Å². The topological polar surface area (TPSA) is 902 Å². The number of furan rings is 9. The van der Waals surface area contributed by atoms with Gasteiger partial charge in [-0.3, -0.25) is 76.7 Å². The van der Waals surface area contributed by atoms with Crippen molar-refractivity contribution in [3.8, 4) is 0 Å². The molecule has 0 amide bonds. The highest BCUT2D eigenvalue weighted by atomic mass is 16.3. The molecule has 0 aliphatic carbocycles. The normalized spacial score (nSPS) is 11.5. The van der Waals surface area contributed by atoms with Crippen molar-refractivity contribution >= 4 is 107 Å². The number of nitrogens with two attached hydrogens (primary N) is 18. The van der Waals surface area contributed by atoms with Crippen LogP contribution < -0.4 is 114 Å². The zero-order valence-electron chi connectivity index (χ0n) is 80.3. The maximum Gasteiger partial charge on any atom is 0.223 e. The van der Waals surface area contributed by atoms with Gasteiger partial charge in [-0.25, -0.2) is 0 Å². The summed E-state index contributed by atoms with van der Waals surface area (Å²) in [6.07, 6.45) is 37.0. The van der Waals surface area contributed by atoms with Gasteiger partial charge in [0.15, 0.2) is 71.5 Å². The molecule has 9 rings (SSSR count). The molecule has 42 N–H and O–H groups in total. The fraction of sp³-hybridized carbons (Fsp3) is 0.357. The molecule has 9 aromatic heterocycles. The van der Waals surface area contributed by atoms with Crippen molar-refractivity contribution in [3.63, 3.8) is 0 Å². The molecule has 9 aromatic rings. The Bertz CT molecular complexity index is 5190. The Kier molecular flexibility index (Phi) is 60.0. The van der Waals surface area contributed by atoms with Crippen molar-refractivity contribution in [2.75, 3.05) is 143 Å². The van der Waals surface area contributed by atoms with Gasteiger partial charge in [0, 0.05) is 143 Å². The third-order valence-corrected chi connectivity index (χ3v) is 17.4. The molecule has 0 fully saturated rings. The van der Waals surface area contributed by atoms with Crippen molar-refractivity contribution in [1.29, 1.82) is 21.6 Å². The molecule has 0 spiro atoms. The van der Waals surface area contributed by atoms with Crippen LogP contribution in [0.15, 0.2) is 277 Å². The van der Waals surface area contributed by atoms with E-state index in [0.717, 1.165) is 121 Å². The van der Waals surface area contributed by atoms with E-state index in [9.17, 15) is 0 Å². The Morgan fingerprint density at radius 3 is 0.949 bits per heavy atom. The predicted molar refractivity (Wildman–Crippen MR) is 546 cm³/mol. The summed E-state index contributed by atoms with van der Waals surface area (Å²) in [7, 11) is 20.5. The smallest absolute Gasteiger partial charge is 0.223 e. The largest absolute Gasteiger partial charge is 0.472 e.